The van der Waals surface area contributed by atoms with Gasteiger partial charge in [-0.15, -0.1) is 11.3 Å². The van der Waals surface area contributed by atoms with Gasteiger partial charge in [0, 0.05) is 22.9 Å². The third-order valence-electron chi connectivity index (χ3n) is 3.82. The van der Waals surface area contributed by atoms with Crippen LogP contribution in [0.25, 0.3) is 10.6 Å². The summed E-state index contributed by atoms with van der Waals surface area (Å²) in [5, 5.41) is 4.24. The number of benzene rings is 1. The minimum Gasteiger partial charge on any atom is -0.316 e. The zero-order valence-electron chi connectivity index (χ0n) is 11.7. The molecule has 0 saturated heterocycles. The van der Waals surface area contributed by atoms with Crippen LogP contribution in [0.3, 0.4) is 0 Å². The third-order valence-corrected chi connectivity index (χ3v) is 4.98. The maximum Gasteiger partial charge on any atom is 0.133 e. The van der Waals surface area contributed by atoms with E-state index >= 15 is 0 Å². The molecule has 1 heterocycles. The van der Waals surface area contributed by atoms with Crippen molar-refractivity contribution in [2.75, 3.05) is 13.1 Å². The monoisotopic (exact) mass is 290 g/mol. The summed E-state index contributed by atoms with van der Waals surface area (Å²) in [7, 11) is 0. The van der Waals surface area contributed by atoms with Crippen LogP contribution in [0.2, 0.25) is 0 Å². The minimum absolute atomic E-state index is 0.179. The summed E-state index contributed by atoms with van der Waals surface area (Å²) in [4.78, 5) is 6.10. The summed E-state index contributed by atoms with van der Waals surface area (Å²) in [5.41, 5.74) is 1.83. The number of nitrogens with zero attached hydrogens (tertiary/aromatic N) is 1. The van der Waals surface area contributed by atoms with Gasteiger partial charge in [-0.3, -0.25) is 0 Å². The van der Waals surface area contributed by atoms with E-state index in [-0.39, 0.29) is 5.82 Å². The van der Waals surface area contributed by atoms with Gasteiger partial charge < -0.3 is 5.32 Å². The van der Waals surface area contributed by atoms with Gasteiger partial charge in [0.05, 0.1) is 5.69 Å². The topological polar surface area (TPSA) is 24.9 Å². The van der Waals surface area contributed by atoms with Gasteiger partial charge in [0.1, 0.15) is 10.8 Å². The van der Waals surface area contributed by atoms with Gasteiger partial charge in [0.2, 0.25) is 0 Å². The summed E-state index contributed by atoms with van der Waals surface area (Å²) < 4.78 is 13.9. The number of hydrogen-bond acceptors (Lipinski definition) is 3. The van der Waals surface area contributed by atoms with Crippen LogP contribution in [0.1, 0.15) is 36.3 Å². The SMILES string of the molecule is CCNCC1CCCc2sc(-c3ccccc3F)nc21. The molecule has 2 nitrogen and oxygen atoms in total. The largest absolute Gasteiger partial charge is 0.316 e. The second-order valence-electron chi connectivity index (χ2n) is 5.20. The molecule has 4 heteroatoms. The number of hydrogen-bond donors (Lipinski definition) is 1. The molecule has 1 aliphatic carbocycles. The highest BCUT2D eigenvalue weighted by Crippen LogP contribution is 2.38. The van der Waals surface area contributed by atoms with E-state index in [0.717, 1.165) is 24.5 Å². The molecule has 0 fully saturated rings. The van der Waals surface area contributed by atoms with Crippen molar-refractivity contribution in [3.63, 3.8) is 0 Å². The van der Waals surface area contributed by atoms with Crippen molar-refractivity contribution in [2.24, 2.45) is 0 Å². The molecule has 20 heavy (non-hydrogen) atoms. The normalized spacial score (nSPS) is 18.0. The first-order valence-electron chi connectivity index (χ1n) is 7.24. The number of rotatable bonds is 4. The first-order valence-corrected chi connectivity index (χ1v) is 8.06. The maximum absolute atomic E-state index is 13.9. The fraction of sp³-hybridized carbons (Fsp3) is 0.438. The molecule has 0 spiro atoms. The van der Waals surface area contributed by atoms with E-state index in [2.05, 4.69) is 12.2 Å². The van der Waals surface area contributed by atoms with Crippen molar-refractivity contribution < 1.29 is 4.39 Å². The molecule has 106 valence electrons. The van der Waals surface area contributed by atoms with Gasteiger partial charge in [-0.2, -0.15) is 0 Å². The van der Waals surface area contributed by atoms with Crippen molar-refractivity contribution in [3.8, 4) is 10.6 Å². The van der Waals surface area contributed by atoms with Gasteiger partial charge in [0.25, 0.3) is 0 Å². The molecule has 1 aliphatic rings. The van der Waals surface area contributed by atoms with E-state index < -0.39 is 0 Å². The Morgan fingerprint density at radius 1 is 1.40 bits per heavy atom. The molecule has 2 aromatic rings. The second-order valence-corrected chi connectivity index (χ2v) is 6.29. The van der Waals surface area contributed by atoms with Gasteiger partial charge in [-0.25, -0.2) is 9.37 Å². The van der Waals surface area contributed by atoms with E-state index in [1.165, 1.54) is 29.5 Å². The Morgan fingerprint density at radius 3 is 3.05 bits per heavy atom. The lowest BCUT2D eigenvalue weighted by atomic mass is 9.91. The van der Waals surface area contributed by atoms with Crippen LogP contribution in [0.15, 0.2) is 24.3 Å². The minimum atomic E-state index is -0.179. The standard InChI is InChI=1S/C16H19FN2S/c1-2-18-10-11-6-5-9-14-15(11)19-16(20-14)12-7-3-4-8-13(12)17/h3-4,7-8,11,18H,2,5-6,9-10H2,1H3. The average molecular weight is 290 g/mol. The first-order chi connectivity index (χ1) is 9.79. The number of thiazole rings is 1. The molecule has 0 saturated carbocycles. The molecular formula is C16H19FN2S. The van der Waals surface area contributed by atoms with Gasteiger partial charge in [-0.1, -0.05) is 19.1 Å². The lowest BCUT2D eigenvalue weighted by Crippen LogP contribution is -2.23. The van der Waals surface area contributed by atoms with Crippen molar-refractivity contribution in [2.45, 2.75) is 32.1 Å². The van der Waals surface area contributed by atoms with Gasteiger partial charge in [-0.05, 0) is 37.9 Å². The lowest BCUT2D eigenvalue weighted by Gasteiger charge is -2.21. The highest BCUT2D eigenvalue weighted by atomic mass is 32.1. The van der Waals surface area contributed by atoms with Gasteiger partial charge in [0.15, 0.2) is 0 Å². The number of likely N-dealkylation sites (N-methyl/N-ethyl adjacent to an activating group) is 1. The lowest BCUT2D eigenvalue weighted by molar-refractivity contribution is 0.509. The highest BCUT2D eigenvalue weighted by Gasteiger charge is 2.25. The predicted molar refractivity (Wildman–Crippen MR) is 81.7 cm³/mol. The fourth-order valence-electron chi connectivity index (χ4n) is 2.77. The van der Waals surface area contributed by atoms with Crippen LogP contribution in [0.5, 0.6) is 0 Å². The fourth-order valence-corrected chi connectivity index (χ4v) is 3.99. The first kappa shape index (κ1) is 13.7. The third kappa shape index (κ3) is 2.63. The van der Waals surface area contributed by atoms with Gasteiger partial charge >= 0.3 is 0 Å². The smallest absolute Gasteiger partial charge is 0.133 e. The summed E-state index contributed by atoms with van der Waals surface area (Å²) in [6.45, 7) is 4.08. The molecule has 1 atom stereocenters. The Bertz CT molecular complexity index is 594. The van der Waals surface area contributed by atoms with E-state index in [9.17, 15) is 4.39 Å². The zero-order valence-corrected chi connectivity index (χ0v) is 12.5. The summed E-state index contributed by atoms with van der Waals surface area (Å²) >= 11 is 1.66. The van der Waals surface area contributed by atoms with E-state index in [4.69, 9.17) is 4.98 Å². The molecular weight excluding hydrogens is 271 g/mol. The maximum atomic E-state index is 13.9. The number of aryl methyl sites for hydroxylation is 1. The molecule has 1 unspecified atom stereocenters. The molecule has 0 amide bonds. The molecule has 1 aromatic carbocycles. The van der Waals surface area contributed by atoms with Crippen LogP contribution in [0.4, 0.5) is 4.39 Å². The Labute approximate surface area is 123 Å². The molecule has 0 aliphatic heterocycles. The quantitative estimate of drug-likeness (QED) is 0.921. The Balaban J connectivity index is 1.93. The number of halogens is 1. The zero-order chi connectivity index (χ0) is 13.9. The molecule has 0 bridgehead atoms. The Hall–Kier alpha value is -1.26. The van der Waals surface area contributed by atoms with Crippen LogP contribution < -0.4 is 5.32 Å². The Morgan fingerprint density at radius 2 is 2.25 bits per heavy atom. The predicted octanol–water partition coefficient (Wildman–Crippen LogP) is 3.98. The Kier molecular flexibility index (Phi) is 4.13. The highest BCUT2D eigenvalue weighted by molar-refractivity contribution is 7.15. The van der Waals surface area contributed by atoms with E-state index in [1.807, 2.05) is 12.1 Å². The van der Waals surface area contributed by atoms with Crippen molar-refractivity contribution >= 4 is 11.3 Å². The van der Waals surface area contributed by atoms with Crippen molar-refractivity contribution in [1.82, 2.24) is 10.3 Å². The van der Waals surface area contributed by atoms with Crippen LogP contribution in [0, 0.1) is 5.82 Å². The summed E-state index contributed by atoms with van der Waals surface area (Å²) in [6.07, 6.45) is 3.48. The molecule has 0 radical (unpaired) electrons. The number of nitrogens with one attached hydrogen (secondary N) is 1. The summed E-state index contributed by atoms with van der Waals surface area (Å²) in [6, 6.07) is 6.92. The second kappa shape index (κ2) is 6.02. The van der Waals surface area contributed by atoms with Crippen LogP contribution >= 0.6 is 11.3 Å². The number of fused-ring (bicyclic) bond motifs is 1. The van der Waals surface area contributed by atoms with Crippen LogP contribution in [-0.4, -0.2) is 18.1 Å². The van der Waals surface area contributed by atoms with Crippen molar-refractivity contribution in [3.05, 3.63) is 40.7 Å². The van der Waals surface area contributed by atoms with Crippen LogP contribution in [-0.2, 0) is 6.42 Å². The number of aromatic nitrogens is 1. The average Bonchev–Trinajstić information content (AvgIpc) is 2.89. The van der Waals surface area contributed by atoms with Crippen molar-refractivity contribution in [1.29, 1.82) is 0 Å². The summed E-state index contributed by atoms with van der Waals surface area (Å²) in [5.74, 6) is 0.303. The molecule has 1 aromatic heterocycles. The van der Waals surface area contributed by atoms with E-state index in [1.54, 1.807) is 17.4 Å². The van der Waals surface area contributed by atoms with E-state index in [0.29, 0.717) is 11.5 Å². The molecule has 1 N–H and O–H groups in total. The molecule has 3 rings (SSSR count).